The summed E-state index contributed by atoms with van der Waals surface area (Å²) < 4.78 is 24.0. The number of benzene rings is 1. The Balaban J connectivity index is 2.45. The second-order valence-corrected chi connectivity index (χ2v) is 4.78. The van der Waals surface area contributed by atoms with Crippen molar-refractivity contribution in [1.82, 2.24) is 0 Å². The number of amidine groups is 1. The van der Waals surface area contributed by atoms with Gasteiger partial charge in [-0.05, 0) is 28.9 Å². The Morgan fingerprint density at radius 2 is 2.22 bits per heavy atom. The zero-order chi connectivity index (χ0) is 13.7. The molecule has 1 atom stereocenters. The van der Waals surface area contributed by atoms with Crippen LogP contribution >= 0.6 is 27.5 Å². The van der Waals surface area contributed by atoms with Gasteiger partial charge in [0.05, 0.1) is 16.1 Å². The van der Waals surface area contributed by atoms with Gasteiger partial charge in [0.2, 0.25) is 0 Å². The molecule has 1 rings (SSSR count). The number of ether oxygens (including phenoxy) is 2. The number of hydrogen-bond acceptors (Lipinski definition) is 3. The topological polar surface area (TPSA) is 68.3 Å². The van der Waals surface area contributed by atoms with E-state index >= 15 is 0 Å². The Hall–Kier alpha value is -0.850. The first kappa shape index (κ1) is 15.2. The van der Waals surface area contributed by atoms with E-state index in [4.69, 9.17) is 32.2 Å². The van der Waals surface area contributed by atoms with Gasteiger partial charge in [0.25, 0.3) is 0 Å². The number of hydrogen-bond donors (Lipinski definition) is 2. The lowest BCUT2D eigenvalue weighted by Crippen LogP contribution is -2.29. The lowest BCUT2D eigenvalue weighted by Gasteiger charge is -2.12. The third kappa shape index (κ3) is 4.44. The average molecular weight is 340 g/mol. The summed E-state index contributed by atoms with van der Waals surface area (Å²) in [7, 11) is 0. The van der Waals surface area contributed by atoms with E-state index in [0.717, 1.165) is 0 Å². The van der Waals surface area contributed by atoms with Crippen molar-refractivity contribution in [2.45, 2.75) is 13.0 Å². The van der Waals surface area contributed by atoms with Crippen molar-refractivity contribution in [2.24, 2.45) is 5.73 Å². The average Bonchev–Trinajstić information content (AvgIpc) is 2.30. The summed E-state index contributed by atoms with van der Waals surface area (Å²) >= 11 is 8.90. The van der Waals surface area contributed by atoms with Crippen LogP contribution in [0.4, 0.5) is 4.39 Å². The van der Waals surface area contributed by atoms with Gasteiger partial charge in [-0.3, -0.25) is 5.41 Å². The normalized spacial score (nSPS) is 12.2. The van der Waals surface area contributed by atoms with Crippen LogP contribution in [0, 0.1) is 11.2 Å². The minimum atomic E-state index is -0.467. The molecule has 0 saturated heterocycles. The molecule has 0 heterocycles. The molecule has 1 unspecified atom stereocenters. The predicted molar refractivity (Wildman–Crippen MR) is 71.9 cm³/mol. The summed E-state index contributed by atoms with van der Waals surface area (Å²) in [5.41, 5.74) is 5.23. The van der Waals surface area contributed by atoms with Crippen LogP contribution in [0.3, 0.4) is 0 Å². The third-order valence-corrected chi connectivity index (χ3v) is 3.02. The van der Waals surface area contributed by atoms with E-state index in [2.05, 4.69) is 15.9 Å². The highest BCUT2D eigenvalue weighted by Gasteiger charge is 2.09. The molecule has 0 aliphatic rings. The summed E-state index contributed by atoms with van der Waals surface area (Å²) in [6, 6.07) is 2.62. The zero-order valence-corrected chi connectivity index (χ0v) is 12.0. The van der Waals surface area contributed by atoms with E-state index in [1.807, 2.05) is 0 Å². The number of nitrogens with one attached hydrogen (secondary N) is 1. The summed E-state index contributed by atoms with van der Waals surface area (Å²) in [5, 5.41) is 7.43. The van der Waals surface area contributed by atoms with Crippen molar-refractivity contribution in [3.8, 4) is 5.75 Å². The van der Waals surface area contributed by atoms with Gasteiger partial charge in [0, 0.05) is 6.07 Å². The molecule has 3 N–H and O–H groups in total. The van der Waals surface area contributed by atoms with Crippen LogP contribution in [-0.2, 0) is 4.74 Å². The van der Waals surface area contributed by atoms with Gasteiger partial charge in [-0.15, -0.1) is 0 Å². The molecule has 0 amide bonds. The van der Waals surface area contributed by atoms with E-state index in [-0.39, 0.29) is 29.3 Å². The molecule has 100 valence electrons. The largest absolute Gasteiger partial charge is 0.490 e. The van der Waals surface area contributed by atoms with Gasteiger partial charge in [-0.25, -0.2) is 4.39 Å². The molecule has 0 saturated carbocycles. The Labute approximate surface area is 118 Å². The molecule has 0 radical (unpaired) electrons. The second-order valence-electron chi connectivity index (χ2n) is 3.51. The van der Waals surface area contributed by atoms with Crippen LogP contribution in [0.1, 0.15) is 6.92 Å². The molecule has 0 bridgehead atoms. The molecular formula is C11H13BrClFN2O2. The number of rotatable bonds is 6. The fourth-order valence-electron chi connectivity index (χ4n) is 1.08. The van der Waals surface area contributed by atoms with Gasteiger partial charge >= 0.3 is 0 Å². The van der Waals surface area contributed by atoms with Crippen molar-refractivity contribution in [3.63, 3.8) is 0 Å². The molecule has 0 aromatic heterocycles. The summed E-state index contributed by atoms with van der Waals surface area (Å²) in [6.45, 7) is 2.09. The maximum Gasteiger partial charge on any atom is 0.141 e. The highest BCUT2D eigenvalue weighted by molar-refractivity contribution is 9.10. The molecule has 0 aliphatic carbocycles. The molecule has 18 heavy (non-hydrogen) atoms. The van der Waals surface area contributed by atoms with Gasteiger partial charge in [0.15, 0.2) is 0 Å². The van der Waals surface area contributed by atoms with Crippen LogP contribution in [-0.4, -0.2) is 25.2 Å². The molecule has 1 aromatic carbocycles. The molecule has 0 spiro atoms. The SMILES string of the molecule is CC(OCCOc1cc(F)c(Br)cc1Cl)C(=N)N. The molecule has 7 heteroatoms. The molecule has 0 fully saturated rings. The Kier molecular flexibility index (Phi) is 5.84. The molecule has 4 nitrogen and oxygen atoms in total. The predicted octanol–water partition coefficient (Wildman–Crippen LogP) is 2.96. The molecule has 0 aliphatic heterocycles. The van der Waals surface area contributed by atoms with E-state index in [1.165, 1.54) is 12.1 Å². The summed E-state index contributed by atoms with van der Waals surface area (Å²) in [4.78, 5) is 0. The van der Waals surface area contributed by atoms with Crippen LogP contribution in [0.2, 0.25) is 5.02 Å². The fourth-order valence-corrected chi connectivity index (χ4v) is 1.77. The van der Waals surface area contributed by atoms with Crippen molar-refractivity contribution >= 4 is 33.4 Å². The van der Waals surface area contributed by atoms with Crippen molar-refractivity contribution in [1.29, 1.82) is 5.41 Å². The smallest absolute Gasteiger partial charge is 0.141 e. The van der Waals surface area contributed by atoms with Gasteiger partial charge in [-0.2, -0.15) is 0 Å². The maximum absolute atomic E-state index is 13.2. The van der Waals surface area contributed by atoms with Crippen LogP contribution < -0.4 is 10.5 Å². The quantitative estimate of drug-likeness (QED) is 0.362. The fraction of sp³-hybridized carbons (Fsp3) is 0.364. The van der Waals surface area contributed by atoms with Crippen LogP contribution in [0.5, 0.6) is 5.75 Å². The Morgan fingerprint density at radius 3 is 2.83 bits per heavy atom. The number of nitrogens with two attached hydrogens (primary N) is 1. The van der Waals surface area contributed by atoms with Crippen molar-refractivity contribution in [3.05, 3.63) is 27.4 Å². The Bertz CT molecular complexity index is 445. The minimum Gasteiger partial charge on any atom is -0.490 e. The lowest BCUT2D eigenvalue weighted by atomic mass is 10.3. The first-order chi connectivity index (χ1) is 8.41. The highest BCUT2D eigenvalue weighted by atomic mass is 79.9. The minimum absolute atomic E-state index is 0.0530. The third-order valence-electron chi connectivity index (χ3n) is 2.12. The van der Waals surface area contributed by atoms with Crippen molar-refractivity contribution < 1.29 is 13.9 Å². The van der Waals surface area contributed by atoms with E-state index in [0.29, 0.717) is 5.02 Å². The summed E-state index contributed by atoms with van der Waals surface area (Å²) in [5.74, 6) is -0.258. The lowest BCUT2D eigenvalue weighted by molar-refractivity contribution is 0.0793. The zero-order valence-electron chi connectivity index (χ0n) is 9.67. The number of halogens is 3. The monoisotopic (exact) mass is 338 g/mol. The van der Waals surface area contributed by atoms with Gasteiger partial charge in [0.1, 0.15) is 30.1 Å². The maximum atomic E-state index is 13.2. The second kappa shape index (κ2) is 6.92. The van der Waals surface area contributed by atoms with E-state index < -0.39 is 11.9 Å². The molecular weight excluding hydrogens is 326 g/mol. The van der Waals surface area contributed by atoms with Crippen LogP contribution in [0.15, 0.2) is 16.6 Å². The highest BCUT2D eigenvalue weighted by Crippen LogP contribution is 2.30. The summed E-state index contributed by atoms with van der Waals surface area (Å²) in [6.07, 6.45) is -0.467. The van der Waals surface area contributed by atoms with Gasteiger partial charge in [-0.1, -0.05) is 11.6 Å². The Morgan fingerprint density at radius 1 is 1.56 bits per heavy atom. The first-order valence-corrected chi connectivity index (χ1v) is 6.31. The van der Waals surface area contributed by atoms with E-state index in [1.54, 1.807) is 6.92 Å². The van der Waals surface area contributed by atoms with Crippen LogP contribution in [0.25, 0.3) is 0 Å². The van der Waals surface area contributed by atoms with Crippen molar-refractivity contribution in [2.75, 3.05) is 13.2 Å². The first-order valence-electron chi connectivity index (χ1n) is 5.14. The van der Waals surface area contributed by atoms with E-state index in [9.17, 15) is 4.39 Å². The van der Waals surface area contributed by atoms with Gasteiger partial charge < -0.3 is 15.2 Å². The standard InChI is InChI=1S/C11H13BrClFN2O2/c1-6(11(15)16)17-2-3-18-10-5-9(14)7(12)4-8(10)13/h4-6H,2-3H2,1H3,(H3,15,16). The molecule has 1 aromatic rings.